The lowest BCUT2D eigenvalue weighted by Gasteiger charge is -2.26. The first-order valence-electron chi connectivity index (χ1n) is 8.71. The van der Waals surface area contributed by atoms with E-state index in [1.165, 1.54) is 22.5 Å². The number of sulfonamides is 2. The molecule has 13 heteroatoms. The van der Waals surface area contributed by atoms with Gasteiger partial charge in [-0.1, -0.05) is 6.07 Å². The molecule has 0 spiro atoms. The summed E-state index contributed by atoms with van der Waals surface area (Å²) in [5.74, 6) is -0.673. The van der Waals surface area contributed by atoms with E-state index in [2.05, 4.69) is 4.72 Å². The average molecular weight is 457 g/mol. The molecule has 0 unspecified atom stereocenters. The van der Waals surface area contributed by atoms with E-state index in [-0.39, 0.29) is 36.9 Å². The predicted octanol–water partition coefficient (Wildman–Crippen LogP) is 1.43. The Morgan fingerprint density at radius 2 is 1.77 bits per heavy atom. The van der Waals surface area contributed by atoms with Crippen LogP contribution in [0.4, 0.5) is 11.4 Å². The highest BCUT2D eigenvalue weighted by Crippen LogP contribution is 2.30. The molecule has 2 aromatic carbocycles. The van der Waals surface area contributed by atoms with Gasteiger partial charge in [-0.2, -0.15) is 4.31 Å². The first kappa shape index (κ1) is 22.0. The summed E-state index contributed by atoms with van der Waals surface area (Å²) < 4.78 is 59.8. The molecule has 1 fully saturated rings. The Bertz CT molecular complexity index is 1190. The van der Waals surface area contributed by atoms with Gasteiger partial charge in [0.2, 0.25) is 10.0 Å². The van der Waals surface area contributed by atoms with Gasteiger partial charge in [0.1, 0.15) is 0 Å². The quantitative estimate of drug-likeness (QED) is 0.487. The van der Waals surface area contributed by atoms with Gasteiger partial charge >= 0.3 is 5.69 Å². The molecule has 2 N–H and O–H groups in total. The summed E-state index contributed by atoms with van der Waals surface area (Å²) in [5.41, 5.74) is -0.356. The van der Waals surface area contributed by atoms with Crippen molar-refractivity contribution in [3.05, 3.63) is 52.1 Å². The molecule has 0 aliphatic carbocycles. The molecular weight excluding hydrogens is 438 g/mol. The number of aromatic hydroxyl groups is 1. The molecule has 0 saturated carbocycles. The molecule has 0 atom stereocenters. The second-order valence-electron chi connectivity index (χ2n) is 6.51. The third-order valence-corrected chi connectivity index (χ3v) is 7.90. The van der Waals surface area contributed by atoms with Crippen LogP contribution in [0.1, 0.15) is 5.56 Å². The number of hydrogen-bond acceptors (Lipinski definition) is 8. The third kappa shape index (κ3) is 4.38. The van der Waals surface area contributed by atoms with Crippen LogP contribution in [0.5, 0.6) is 5.75 Å². The number of ether oxygens (including phenoxy) is 1. The molecule has 1 aliphatic heterocycles. The van der Waals surface area contributed by atoms with Crippen molar-refractivity contribution in [2.75, 3.05) is 31.0 Å². The minimum Gasteiger partial charge on any atom is -0.502 e. The fourth-order valence-electron chi connectivity index (χ4n) is 2.90. The first-order valence-corrected chi connectivity index (χ1v) is 11.6. The number of rotatable bonds is 6. The van der Waals surface area contributed by atoms with E-state index >= 15 is 0 Å². The second kappa shape index (κ2) is 8.18. The maximum absolute atomic E-state index is 12.9. The van der Waals surface area contributed by atoms with Crippen molar-refractivity contribution in [1.29, 1.82) is 0 Å². The number of nitro groups is 1. The predicted molar refractivity (Wildman–Crippen MR) is 106 cm³/mol. The Morgan fingerprint density at radius 3 is 2.40 bits per heavy atom. The number of morpholine rings is 1. The molecular formula is C17H19N3O8S2. The summed E-state index contributed by atoms with van der Waals surface area (Å²) in [6.45, 7) is 2.51. The van der Waals surface area contributed by atoms with Crippen LogP contribution in [-0.2, 0) is 24.8 Å². The van der Waals surface area contributed by atoms with E-state index in [0.29, 0.717) is 5.56 Å². The third-order valence-electron chi connectivity index (χ3n) is 4.48. The molecule has 11 nitrogen and oxygen atoms in total. The molecule has 0 bridgehead atoms. The maximum Gasteiger partial charge on any atom is 0.312 e. The molecule has 1 aliphatic rings. The molecule has 0 radical (unpaired) electrons. The van der Waals surface area contributed by atoms with Crippen molar-refractivity contribution in [2.45, 2.75) is 16.7 Å². The molecule has 0 aromatic heterocycles. The zero-order valence-corrected chi connectivity index (χ0v) is 17.4. The smallest absolute Gasteiger partial charge is 0.312 e. The van der Waals surface area contributed by atoms with Crippen molar-refractivity contribution in [1.82, 2.24) is 4.31 Å². The highest BCUT2D eigenvalue weighted by Gasteiger charge is 2.28. The highest BCUT2D eigenvalue weighted by molar-refractivity contribution is 7.92. The van der Waals surface area contributed by atoms with E-state index in [4.69, 9.17) is 4.74 Å². The summed E-state index contributed by atoms with van der Waals surface area (Å²) >= 11 is 0. The molecule has 162 valence electrons. The molecule has 1 heterocycles. The number of hydrogen-bond donors (Lipinski definition) is 2. The summed E-state index contributed by atoms with van der Waals surface area (Å²) in [6.07, 6.45) is 0. The topological polar surface area (TPSA) is 156 Å². The van der Waals surface area contributed by atoms with Gasteiger partial charge < -0.3 is 9.84 Å². The zero-order valence-electron chi connectivity index (χ0n) is 15.8. The van der Waals surface area contributed by atoms with E-state index in [1.54, 1.807) is 6.92 Å². The zero-order chi connectivity index (χ0) is 22.1. The standard InChI is InChI=1S/C17H19N3O8S2/c1-12-2-3-13(10-17(12)30(26,27)19-6-8-28-9-7-19)18-29(24,25)14-4-5-16(21)15(11-14)20(22)23/h2-5,10-11,18,21H,6-9H2,1H3. The summed E-state index contributed by atoms with van der Waals surface area (Å²) in [5, 5.41) is 20.5. The van der Waals surface area contributed by atoms with Gasteiger partial charge in [-0.25, -0.2) is 16.8 Å². The average Bonchev–Trinajstić information content (AvgIpc) is 2.69. The number of benzene rings is 2. The van der Waals surface area contributed by atoms with Gasteiger partial charge in [0, 0.05) is 19.2 Å². The van der Waals surface area contributed by atoms with Gasteiger partial charge in [-0.05, 0) is 36.8 Å². The normalized spacial score (nSPS) is 15.6. The summed E-state index contributed by atoms with van der Waals surface area (Å²) in [7, 11) is -8.14. The molecule has 0 amide bonds. The van der Waals surface area contributed by atoms with Gasteiger partial charge in [0.05, 0.1) is 33.6 Å². The number of phenols is 1. The van der Waals surface area contributed by atoms with Crippen LogP contribution in [0.2, 0.25) is 0 Å². The minimum atomic E-state index is -4.28. The van der Waals surface area contributed by atoms with E-state index < -0.39 is 41.3 Å². The second-order valence-corrected chi connectivity index (χ2v) is 10.1. The fourth-order valence-corrected chi connectivity index (χ4v) is 5.63. The fraction of sp³-hybridized carbons (Fsp3) is 0.294. The summed E-state index contributed by atoms with van der Waals surface area (Å²) in [4.78, 5) is 9.53. The van der Waals surface area contributed by atoms with Crippen LogP contribution in [-0.4, -0.2) is 57.5 Å². The number of nitrogens with one attached hydrogen (secondary N) is 1. The molecule has 3 rings (SSSR count). The van der Waals surface area contributed by atoms with Crippen LogP contribution in [0, 0.1) is 17.0 Å². The Morgan fingerprint density at radius 1 is 1.10 bits per heavy atom. The van der Waals surface area contributed by atoms with Gasteiger partial charge in [0.25, 0.3) is 10.0 Å². The van der Waals surface area contributed by atoms with Crippen LogP contribution >= 0.6 is 0 Å². The number of phenolic OH excluding ortho intramolecular Hbond substituents is 1. The Kier molecular flexibility index (Phi) is 5.99. The van der Waals surface area contributed by atoms with E-state index in [9.17, 15) is 32.1 Å². The highest BCUT2D eigenvalue weighted by atomic mass is 32.2. The molecule has 30 heavy (non-hydrogen) atoms. The van der Waals surface area contributed by atoms with Crippen molar-refractivity contribution in [2.24, 2.45) is 0 Å². The minimum absolute atomic E-state index is 0.0248. The van der Waals surface area contributed by atoms with Crippen LogP contribution in [0.3, 0.4) is 0 Å². The molecule has 2 aromatic rings. The van der Waals surface area contributed by atoms with Gasteiger partial charge in [0.15, 0.2) is 5.75 Å². The van der Waals surface area contributed by atoms with Crippen LogP contribution < -0.4 is 4.72 Å². The first-order chi connectivity index (χ1) is 14.0. The number of anilines is 1. The van der Waals surface area contributed by atoms with Crippen LogP contribution in [0.15, 0.2) is 46.2 Å². The Balaban J connectivity index is 1.95. The Labute approximate surface area is 173 Å². The van der Waals surface area contributed by atoms with Crippen molar-refractivity contribution in [3.63, 3.8) is 0 Å². The number of aryl methyl sites for hydroxylation is 1. The van der Waals surface area contributed by atoms with E-state index in [1.807, 2.05) is 0 Å². The lowest BCUT2D eigenvalue weighted by atomic mass is 10.2. The largest absolute Gasteiger partial charge is 0.502 e. The lowest BCUT2D eigenvalue weighted by Crippen LogP contribution is -2.40. The van der Waals surface area contributed by atoms with Crippen molar-refractivity contribution in [3.8, 4) is 5.75 Å². The van der Waals surface area contributed by atoms with Crippen molar-refractivity contribution < 1.29 is 31.6 Å². The Hall–Kier alpha value is -2.74. The van der Waals surface area contributed by atoms with E-state index in [0.717, 1.165) is 18.2 Å². The van der Waals surface area contributed by atoms with Gasteiger partial charge in [-0.15, -0.1) is 0 Å². The van der Waals surface area contributed by atoms with Crippen molar-refractivity contribution >= 4 is 31.4 Å². The SMILES string of the molecule is Cc1ccc(NS(=O)(=O)c2ccc(O)c([N+](=O)[O-])c2)cc1S(=O)(=O)N1CCOCC1. The summed E-state index contributed by atoms with van der Waals surface area (Å²) in [6, 6.07) is 6.68. The monoisotopic (exact) mass is 457 g/mol. The lowest BCUT2D eigenvalue weighted by molar-refractivity contribution is -0.386. The molecule has 1 saturated heterocycles. The number of nitro benzene ring substituents is 1. The van der Waals surface area contributed by atoms with Gasteiger partial charge in [-0.3, -0.25) is 14.8 Å². The van der Waals surface area contributed by atoms with Crippen LogP contribution in [0.25, 0.3) is 0 Å². The number of nitrogens with zero attached hydrogens (tertiary/aromatic N) is 2. The maximum atomic E-state index is 12.9.